The highest BCUT2D eigenvalue weighted by atomic mass is 19.1. The van der Waals surface area contributed by atoms with Crippen LogP contribution in [-0.4, -0.2) is 6.54 Å². The Hall–Kier alpha value is -1.57. The average Bonchev–Trinajstić information content (AvgIpc) is 2.39. The van der Waals surface area contributed by atoms with Crippen molar-refractivity contribution < 1.29 is 4.39 Å². The largest absolute Gasteiger partial charge is 0.345 e. The molecule has 88 valence electrons. The number of fused-ring (bicyclic) bond motifs is 1. The number of hydrogen-bond donors (Lipinski definition) is 0. The molecule has 1 aliphatic heterocycles. The molecule has 0 N–H and O–H groups in total. The van der Waals surface area contributed by atoms with Crippen molar-refractivity contribution in [2.45, 2.75) is 19.3 Å². The second kappa shape index (κ2) is 4.36. The van der Waals surface area contributed by atoms with Gasteiger partial charge in [-0.25, -0.2) is 4.39 Å². The molecule has 1 aromatic carbocycles. The van der Waals surface area contributed by atoms with Crippen LogP contribution in [-0.2, 0) is 0 Å². The first kappa shape index (κ1) is 10.6. The molecule has 2 aliphatic rings. The Morgan fingerprint density at radius 1 is 1.18 bits per heavy atom. The first-order valence-corrected chi connectivity index (χ1v) is 6.24. The molecule has 1 nitrogen and oxygen atoms in total. The standard InChI is InChI=1S/C15H16FN/c16-13-7-9-14(10-8-13)17-11-3-5-12-4-1-2-6-15(12)17/h1-2,6-10,12H,3-5,11H2. The van der Waals surface area contributed by atoms with Crippen molar-refractivity contribution in [3.05, 3.63) is 54.0 Å². The van der Waals surface area contributed by atoms with Crippen molar-refractivity contribution >= 4 is 5.69 Å². The number of hydrogen-bond acceptors (Lipinski definition) is 1. The third kappa shape index (κ3) is 1.99. The van der Waals surface area contributed by atoms with Gasteiger partial charge in [-0.05, 0) is 49.6 Å². The van der Waals surface area contributed by atoms with E-state index in [0.29, 0.717) is 5.92 Å². The summed E-state index contributed by atoms with van der Waals surface area (Å²) >= 11 is 0. The molecule has 2 heteroatoms. The lowest BCUT2D eigenvalue weighted by Crippen LogP contribution is -2.33. The summed E-state index contributed by atoms with van der Waals surface area (Å²) < 4.78 is 12.9. The van der Waals surface area contributed by atoms with Gasteiger partial charge in [-0.2, -0.15) is 0 Å². The Morgan fingerprint density at radius 3 is 2.82 bits per heavy atom. The van der Waals surface area contributed by atoms with Gasteiger partial charge in [0.2, 0.25) is 0 Å². The lowest BCUT2D eigenvalue weighted by atomic mass is 9.87. The molecule has 1 aromatic rings. The van der Waals surface area contributed by atoms with Gasteiger partial charge in [-0.15, -0.1) is 0 Å². The lowest BCUT2D eigenvalue weighted by molar-refractivity contribution is 0.475. The molecule has 3 rings (SSSR count). The van der Waals surface area contributed by atoms with Crippen molar-refractivity contribution in [3.63, 3.8) is 0 Å². The number of anilines is 1. The molecule has 1 heterocycles. The maximum Gasteiger partial charge on any atom is 0.123 e. The Balaban J connectivity index is 1.93. The summed E-state index contributed by atoms with van der Waals surface area (Å²) in [5, 5.41) is 0. The molecule has 1 unspecified atom stereocenters. The summed E-state index contributed by atoms with van der Waals surface area (Å²) in [7, 11) is 0. The highest BCUT2D eigenvalue weighted by Crippen LogP contribution is 2.35. The molecular formula is C15H16FN. The maximum absolute atomic E-state index is 12.9. The van der Waals surface area contributed by atoms with Gasteiger partial charge in [0, 0.05) is 23.8 Å². The monoisotopic (exact) mass is 229 g/mol. The van der Waals surface area contributed by atoms with Gasteiger partial charge in [-0.1, -0.05) is 12.2 Å². The van der Waals surface area contributed by atoms with E-state index < -0.39 is 0 Å². The highest BCUT2D eigenvalue weighted by molar-refractivity contribution is 5.54. The zero-order valence-corrected chi connectivity index (χ0v) is 9.77. The van der Waals surface area contributed by atoms with E-state index in [2.05, 4.69) is 23.1 Å². The van der Waals surface area contributed by atoms with Gasteiger partial charge in [0.15, 0.2) is 0 Å². The van der Waals surface area contributed by atoms with Gasteiger partial charge in [0.1, 0.15) is 5.82 Å². The minimum atomic E-state index is -0.167. The van der Waals surface area contributed by atoms with Crippen LogP contribution >= 0.6 is 0 Å². The van der Waals surface area contributed by atoms with E-state index >= 15 is 0 Å². The Labute approximate surface area is 101 Å². The first-order valence-electron chi connectivity index (χ1n) is 6.24. The smallest absolute Gasteiger partial charge is 0.123 e. The predicted molar refractivity (Wildman–Crippen MR) is 68.3 cm³/mol. The second-order valence-corrected chi connectivity index (χ2v) is 4.72. The van der Waals surface area contributed by atoms with Crippen molar-refractivity contribution in [1.29, 1.82) is 0 Å². The van der Waals surface area contributed by atoms with Crippen molar-refractivity contribution in [2.24, 2.45) is 5.92 Å². The second-order valence-electron chi connectivity index (χ2n) is 4.72. The number of benzene rings is 1. The zero-order chi connectivity index (χ0) is 11.7. The molecule has 0 bridgehead atoms. The molecule has 1 atom stereocenters. The van der Waals surface area contributed by atoms with E-state index in [0.717, 1.165) is 18.7 Å². The Morgan fingerprint density at radius 2 is 2.00 bits per heavy atom. The first-order chi connectivity index (χ1) is 8.34. The molecule has 17 heavy (non-hydrogen) atoms. The lowest BCUT2D eigenvalue weighted by Gasteiger charge is -2.38. The van der Waals surface area contributed by atoms with Crippen LogP contribution in [0.25, 0.3) is 0 Å². The third-order valence-corrected chi connectivity index (χ3v) is 3.63. The van der Waals surface area contributed by atoms with Gasteiger partial charge in [-0.3, -0.25) is 0 Å². The van der Waals surface area contributed by atoms with E-state index in [1.54, 1.807) is 0 Å². The predicted octanol–water partition coefficient (Wildman–Crippen LogP) is 3.89. The fraction of sp³-hybridized carbons (Fsp3) is 0.333. The summed E-state index contributed by atoms with van der Waals surface area (Å²) in [6.45, 7) is 1.04. The summed E-state index contributed by atoms with van der Waals surface area (Å²) in [4.78, 5) is 2.33. The van der Waals surface area contributed by atoms with Crippen LogP contribution < -0.4 is 4.90 Å². The molecule has 1 aliphatic carbocycles. The van der Waals surface area contributed by atoms with Crippen molar-refractivity contribution in [2.75, 3.05) is 11.4 Å². The van der Waals surface area contributed by atoms with Crippen LogP contribution in [0.2, 0.25) is 0 Å². The van der Waals surface area contributed by atoms with Gasteiger partial charge >= 0.3 is 0 Å². The Kier molecular flexibility index (Phi) is 2.71. The van der Waals surface area contributed by atoms with E-state index in [-0.39, 0.29) is 5.82 Å². The van der Waals surface area contributed by atoms with Crippen LogP contribution in [0.5, 0.6) is 0 Å². The van der Waals surface area contributed by atoms with E-state index in [4.69, 9.17) is 0 Å². The van der Waals surface area contributed by atoms with Gasteiger partial charge in [0.25, 0.3) is 0 Å². The third-order valence-electron chi connectivity index (χ3n) is 3.63. The molecule has 0 saturated carbocycles. The molecule has 0 amide bonds. The summed E-state index contributed by atoms with van der Waals surface area (Å²) in [5.74, 6) is 0.485. The van der Waals surface area contributed by atoms with Gasteiger partial charge in [0.05, 0.1) is 0 Å². The number of piperidine rings is 1. The average molecular weight is 229 g/mol. The fourth-order valence-electron chi connectivity index (χ4n) is 2.77. The van der Waals surface area contributed by atoms with E-state index in [1.807, 2.05) is 12.1 Å². The summed E-state index contributed by atoms with van der Waals surface area (Å²) in [6, 6.07) is 6.82. The quantitative estimate of drug-likeness (QED) is 0.706. The minimum absolute atomic E-state index is 0.167. The van der Waals surface area contributed by atoms with Crippen LogP contribution in [0.4, 0.5) is 10.1 Å². The van der Waals surface area contributed by atoms with Crippen molar-refractivity contribution in [3.8, 4) is 0 Å². The van der Waals surface area contributed by atoms with Crippen LogP contribution in [0.3, 0.4) is 0 Å². The molecular weight excluding hydrogens is 213 g/mol. The van der Waals surface area contributed by atoms with Crippen LogP contribution in [0.1, 0.15) is 19.3 Å². The Bertz CT molecular complexity index is 458. The van der Waals surface area contributed by atoms with Crippen LogP contribution in [0.15, 0.2) is 48.2 Å². The number of rotatable bonds is 1. The van der Waals surface area contributed by atoms with Gasteiger partial charge < -0.3 is 4.90 Å². The highest BCUT2D eigenvalue weighted by Gasteiger charge is 2.25. The number of allylic oxidation sites excluding steroid dienone is 4. The van der Waals surface area contributed by atoms with Crippen LogP contribution in [0, 0.1) is 11.7 Å². The molecule has 0 spiro atoms. The minimum Gasteiger partial charge on any atom is -0.345 e. The zero-order valence-electron chi connectivity index (χ0n) is 9.77. The maximum atomic E-state index is 12.9. The molecule has 0 aromatic heterocycles. The van der Waals surface area contributed by atoms with E-state index in [1.165, 1.54) is 30.7 Å². The van der Waals surface area contributed by atoms with E-state index in [9.17, 15) is 4.39 Å². The SMILES string of the molecule is Fc1ccc(N2CCCC3CC=CC=C32)cc1. The summed E-state index contributed by atoms with van der Waals surface area (Å²) in [5.41, 5.74) is 2.50. The molecule has 1 saturated heterocycles. The normalized spacial score (nSPS) is 23.2. The number of halogens is 1. The molecule has 1 fully saturated rings. The molecule has 0 radical (unpaired) electrons. The number of nitrogens with zero attached hydrogens (tertiary/aromatic N) is 1. The summed E-state index contributed by atoms with van der Waals surface area (Å²) in [6.07, 6.45) is 10.2. The topological polar surface area (TPSA) is 3.24 Å². The van der Waals surface area contributed by atoms with Crippen molar-refractivity contribution in [1.82, 2.24) is 0 Å². The fourth-order valence-corrected chi connectivity index (χ4v) is 2.77.